The van der Waals surface area contributed by atoms with E-state index in [1.807, 2.05) is 12.1 Å². The van der Waals surface area contributed by atoms with Gasteiger partial charge < -0.3 is 15.4 Å². The zero-order valence-electron chi connectivity index (χ0n) is 10.1. The van der Waals surface area contributed by atoms with E-state index in [4.69, 9.17) is 10.5 Å². The normalized spacial score (nSPS) is 10.0. The van der Waals surface area contributed by atoms with Crippen molar-refractivity contribution in [2.75, 3.05) is 19.7 Å². The maximum Gasteiger partial charge on any atom is 0.410 e. The maximum absolute atomic E-state index is 11.7. The van der Waals surface area contributed by atoms with Gasteiger partial charge in [0.2, 0.25) is 0 Å². The Hall–Kier alpha value is -1.62. The second-order valence-electron chi connectivity index (χ2n) is 3.62. The van der Waals surface area contributed by atoms with Crippen LogP contribution < -0.4 is 5.73 Å². The van der Waals surface area contributed by atoms with Crippen LogP contribution in [0.15, 0.2) is 24.5 Å². The lowest BCUT2D eigenvalue weighted by Gasteiger charge is -2.21. The lowest BCUT2D eigenvalue weighted by atomic mass is 10.2. The second kappa shape index (κ2) is 7.62. The van der Waals surface area contributed by atoms with Crippen LogP contribution in [0.1, 0.15) is 18.9 Å². The van der Waals surface area contributed by atoms with Gasteiger partial charge in [-0.15, -0.1) is 0 Å². The van der Waals surface area contributed by atoms with Crippen LogP contribution in [0.5, 0.6) is 0 Å². The molecule has 0 aliphatic carbocycles. The molecule has 1 amide bonds. The fourth-order valence-electron chi connectivity index (χ4n) is 1.44. The van der Waals surface area contributed by atoms with Crippen LogP contribution in [-0.4, -0.2) is 35.7 Å². The Labute approximate surface area is 102 Å². The number of aromatic nitrogens is 1. The van der Waals surface area contributed by atoms with Crippen molar-refractivity contribution in [2.24, 2.45) is 5.73 Å². The highest BCUT2D eigenvalue weighted by Gasteiger charge is 2.14. The number of nitrogens with two attached hydrogens (primary N) is 1. The molecule has 0 unspecified atom stereocenters. The molecule has 0 fully saturated rings. The molecular weight excluding hydrogens is 218 g/mol. The number of carbonyl (C=O) groups is 1. The molecule has 0 aliphatic heterocycles. The van der Waals surface area contributed by atoms with E-state index in [0.717, 1.165) is 12.0 Å². The van der Waals surface area contributed by atoms with E-state index in [1.165, 1.54) is 0 Å². The molecule has 0 radical (unpaired) electrons. The first-order valence-corrected chi connectivity index (χ1v) is 5.78. The molecule has 0 saturated carbocycles. The topological polar surface area (TPSA) is 68.5 Å². The summed E-state index contributed by atoms with van der Waals surface area (Å²) in [6.07, 6.45) is 3.91. The predicted octanol–water partition coefficient (Wildman–Crippen LogP) is 1.39. The number of rotatable bonds is 6. The Balaban J connectivity index is 2.59. The standard InChI is InChI=1S/C12H19N3O2/c1-2-17-12(16)15(8-4-6-13)10-11-5-3-7-14-9-11/h3,5,7,9H,2,4,6,8,10,13H2,1H3. The van der Waals surface area contributed by atoms with E-state index in [-0.39, 0.29) is 6.09 Å². The Morgan fingerprint density at radius 1 is 1.59 bits per heavy atom. The van der Waals surface area contributed by atoms with Gasteiger partial charge in [-0.1, -0.05) is 6.07 Å². The number of amides is 1. The van der Waals surface area contributed by atoms with Crippen molar-refractivity contribution in [3.8, 4) is 0 Å². The van der Waals surface area contributed by atoms with Gasteiger partial charge in [0, 0.05) is 18.9 Å². The summed E-state index contributed by atoms with van der Waals surface area (Å²) in [7, 11) is 0. The molecule has 0 saturated heterocycles. The van der Waals surface area contributed by atoms with E-state index < -0.39 is 0 Å². The average molecular weight is 237 g/mol. The highest BCUT2D eigenvalue weighted by molar-refractivity contribution is 5.67. The highest BCUT2D eigenvalue weighted by Crippen LogP contribution is 2.05. The van der Waals surface area contributed by atoms with Gasteiger partial charge in [-0.2, -0.15) is 0 Å². The molecule has 0 atom stereocenters. The molecule has 1 aromatic heterocycles. The molecule has 1 aromatic rings. The quantitative estimate of drug-likeness (QED) is 0.811. The van der Waals surface area contributed by atoms with Gasteiger partial charge in [0.25, 0.3) is 0 Å². The SMILES string of the molecule is CCOC(=O)N(CCCN)Cc1cccnc1. The molecule has 0 aromatic carbocycles. The van der Waals surface area contributed by atoms with Crippen molar-refractivity contribution in [3.63, 3.8) is 0 Å². The van der Waals surface area contributed by atoms with E-state index in [1.54, 1.807) is 24.2 Å². The maximum atomic E-state index is 11.7. The lowest BCUT2D eigenvalue weighted by Crippen LogP contribution is -2.33. The molecule has 1 rings (SSSR count). The summed E-state index contributed by atoms with van der Waals surface area (Å²) in [4.78, 5) is 17.4. The van der Waals surface area contributed by atoms with Crippen LogP contribution >= 0.6 is 0 Å². The van der Waals surface area contributed by atoms with Gasteiger partial charge in [-0.05, 0) is 31.5 Å². The summed E-state index contributed by atoms with van der Waals surface area (Å²) in [6, 6.07) is 3.78. The minimum absolute atomic E-state index is 0.301. The number of carbonyl (C=O) groups excluding carboxylic acids is 1. The highest BCUT2D eigenvalue weighted by atomic mass is 16.6. The van der Waals surface area contributed by atoms with Crippen molar-refractivity contribution in [3.05, 3.63) is 30.1 Å². The molecule has 0 aliphatic rings. The van der Waals surface area contributed by atoms with Gasteiger partial charge in [0.05, 0.1) is 13.2 Å². The fourth-order valence-corrected chi connectivity index (χ4v) is 1.44. The molecule has 2 N–H and O–H groups in total. The van der Waals surface area contributed by atoms with Crippen LogP contribution in [0.25, 0.3) is 0 Å². The van der Waals surface area contributed by atoms with Crippen LogP contribution in [0.2, 0.25) is 0 Å². The third kappa shape index (κ3) is 4.82. The van der Waals surface area contributed by atoms with Crippen LogP contribution in [0.3, 0.4) is 0 Å². The van der Waals surface area contributed by atoms with Crippen molar-refractivity contribution >= 4 is 6.09 Å². The molecule has 5 nitrogen and oxygen atoms in total. The number of pyridine rings is 1. The Kier molecular flexibility index (Phi) is 6.03. The third-order valence-corrected chi connectivity index (χ3v) is 2.25. The molecule has 5 heteroatoms. The molecule has 94 valence electrons. The second-order valence-corrected chi connectivity index (χ2v) is 3.62. The number of ether oxygens (including phenoxy) is 1. The summed E-state index contributed by atoms with van der Waals surface area (Å²) in [5.74, 6) is 0. The van der Waals surface area contributed by atoms with Gasteiger partial charge >= 0.3 is 6.09 Å². The summed E-state index contributed by atoms with van der Waals surface area (Å²) in [5.41, 5.74) is 6.44. The summed E-state index contributed by atoms with van der Waals surface area (Å²) in [5, 5.41) is 0. The summed E-state index contributed by atoms with van der Waals surface area (Å²) < 4.78 is 5.00. The Morgan fingerprint density at radius 3 is 3.00 bits per heavy atom. The fraction of sp³-hybridized carbons (Fsp3) is 0.500. The van der Waals surface area contributed by atoms with E-state index in [2.05, 4.69) is 4.98 Å². The zero-order chi connectivity index (χ0) is 12.5. The van der Waals surface area contributed by atoms with Gasteiger partial charge in [0.15, 0.2) is 0 Å². The molecular formula is C12H19N3O2. The zero-order valence-corrected chi connectivity index (χ0v) is 10.1. The lowest BCUT2D eigenvalue weighted by molar-refractivity contribution is 0.104. The number of nitrogens with zero attached hydrogens (tertiary/aromatic N) is 2. The van der Waals surface area contributed by atoms with Gasteiger partial charge in [0.1, 0.15) is 0 Å². The largest absolute Gasteiger partial charge is 0.450 e. The predicted molar refractivity (Wildman–Crippen MR) is 65.3 cm³/mol. The van der Waals surface area contributed by atoms with Gasteiger partial charge in [-0.3, -0.25) is 4.98 Å². The average Bonchev–Trinajstić information content (AvgIpc) is 2.36. The minimum Gasteiger partial charge on any atom is -0.450 e. The monoisotopic (exact) mass is 237 g/mol. The number of hydrogen-bond donors (Lipinski definition) is 1. The van der Waals surface area contributed by atoms with Crippen molar-refractivity contribution in [1.82, 2.24) is 9.88 Å². The van der Waals surface area contributed by atoms with Crippen LogP contribution in [-0.2, 0) is 11.3 Å². The van der Waals surface area contributed by atoms with Crippen molar-refractivity contribution in [2.45, 2.75) is 19.9 Å². The molecule has 1 heterocycles. The van der Waals surface area contributed by atoms with E-state index in [0.29, 0.717) is 26.2 Å². The summed E-state index contributed by atoms with van der Waals surface area (Å²) >= 11 is 0. The van der Waals surface area contributed by atoms with Crippen LogP contribution in [0, 0.1) is 0 Å². The van der Waals surface area contributed by atoms with E-state index in [9.17, 15) is 4.79 Å². The van der Waals surface area contributed by atoms with E-state index >= 15 is 0 Å². The molecule has 0 bridgehead atoms. The van der Waals surface area contributed by atoms with Crippen molar-refractivity contribution < 1.29 is 9.53 Å². The molecule has 17 heavy (non-hydrogen) atoms. The van der Waals surface area contributed by atoms with Crippen LogP contribution in [0.4, 0.5) is 4.79 Å². The first kappa shape index (κ1) is 13.4. The Bertz CT molecular complexity index is 330. The summed E-state index contributed by atoms with van der Waals surface area (Å²) in [6.45, 7) is 3.84. The third-order valence-electron chi connectivity index (χ3n) is 2.25. The van der Waals surface area contributed by atoms with Gasteiger partial charge in [-0.25, -0.2) is 4.79 Å². The minimum atomic E-state index is -0.301. The first-order valence-electron chi connectivity index (χ1n) is 5.78. The number of hydrogen-bond acceptors (Lipinski definition) is 4. The smallest absolute Gasteiger partial charge is 0.410 e. The molecule has 0 spiro atoms. The first-order chi connectivity index (χ1) is 8.27. The van der Waals surface area contributed by atoms with Crippen molar-refractivity contribution in [1.29, 1.82) is 0 Å². The Morgan fingerprint density at radius 2 is 2.41 bits per heavy atom.